The van der Waals surface area contributed by atoms with Gasteiger partial charge in [0.25, 0.3) is 0 Å². The summed E-state index contributed by atoms with van der Waals surface area (Å²) >= 11 is 0. The molecule has 0 unspecified atom stereocenters. The van der Waals surface area contributed by atoms with E-state index in [1.807, 2.05) is 0 Å². The third-order valence-electron chi connectivity index (χ3n) is 2.63. The molecule has 0 atom stereocenters. The molecule has 0 heterocycles. The van der Waals surface area contributed by atoms with Gasteiger partial charge < -0.3 is 4.90 Å². The second-order valence-electron chi connectivity index (χ2n) is 4.13. The minimum atomic E-state index is -3.19. The van der Waals surface area contributed by atoms with Gasteiger partial charge in [-0.05, 0) is 24.3 Å². The van der Waals surface area contributed by atoms with Gasteiger partial charge in [-0.2, -0.15) is 0 Å². The quantitative estimate of drug-likeness (QED) is 0.838. The summed E-state index contributed by atoms with van der Waals surface area (Å²) in [5, 5.41) is 0. The van der Waals surface area contributed by atoms with Crippen LogP contribution in [-0.4, -0.2) is 46.2 Å². The van der Waals surface area contributed by atoms with Crippen molar-refractivity contribution in [1.29, 1.82) is 0 Å². The summed E-state index contributed by atoms with van der Waals surface area (Å²) in [6.45, 7) is 1.60. The van der Waals surface area contributed by atoms with Gasteiger partial charge in [-0.15, -0.1) is 0 Å². The van der Waals surface area contributed by atoms with Crippen molar-refractivity contribution >= 4 is 21.6 Å². The predicted molar refractivity (Wildman–Crippen MR) is 71.7 cm³/mol. The van der Waals surface area contributed by atoms with E-state index in [0.717, 1.165) is 0 Å². The molecule has 0 radical (unpaired) electrons. The molecule has 0 saturated carbocycles. The average Bonchev–Trinajstić information content (AvgIpc) is 2.37. The summed E-state index contributed by atoms with van der Waals surface area (Å²) in [5.74, 6) is 0.0683. The van der Waals surface area contributed by atoms with Crippen LogP contribution in [-0.2, 0) is 9.84 Å². The van der Waals surface area contributed by atoms with Gasteiger partial charge in [0.1, 0.15) is 0 Å². The highest BCUT2D eigenvalue weighted by atomic mass is 32.2. The van der Waals surface area contributed by atoms with Crippen molar-refractivity contribution < 1.29 is 13.2 Å². The Hall–Kier alpha value is -1.56. The largest absolute Gasteiger partial charge is 0.330 e. The van der Waals surface area contributed by atoms with E-state index in [1.165, 1.54) is 21.9 Å². The smallest absolute Gasteiger partial charge is 0.323 e. The minimum absolute atomic E-state index is 0.0683. The highest BCUT2D eigenvalue weighted by Crippen LogP contribution is 2.18. The fourth-order valence-electron chi connectivity index (χ4n) is 1.45. The van der Waals surface area contributed by atoms with Crippen molar-refractivity contribution in [2.45, 2.75) is 11.8 Å². The molecule has 5 nitrogen and oxygen atoms in total. The summed E-state index contributed by atoms with van der Waals surface area (Å²) in [6, 6.07) is 6.14. The number of benzene rings is 1. The molecule has 18 heavy (non-hydrogen) atoms. The van der Waals surface area contributed by atoms with Crippen LogP contribution < -0.4 is 4.90 Å². The third kappa shape index (κ3) is 3.01. The molecule has 1 rings (SSSR count). The molecule has 0 fully saturated rings. The van der Waals surface area contributed by atoms with E-state index < -0.39 is 9.84 Å². The van der Waals surface area contributed by atoms with Crippen LogP contribution in [0.25, 0.3) is 0 Å². The van der Waals surface area contributed by atoms with Gasteiger partial charge in [0.05, 0.1) is 10.6 Å². The molecule has 6 heteroatoms. The number of carbonyl (C=O) groups excluding carboxylic acids is 1. The summed E-state index contributed by atoms with van der Waals surface area (Å²) in [5.41, 5.74) is 0.656. The molecule has 0 spiro atoms. The molecule has 0 bridgehead atoms. The van der Waals surface area contributed by atoms with Crippen LogP contribution in [0.4, 0.5) is 10.5 Å². The fraction of sp³-hybridized carbons (Fsp3) is 0.417. The molecule has 100 valence electrons. The standard InChI is InChI=1S/C12H18N2O3S/c1-5-18(16,17)11-8-6-10(7-9-11)14(4)12(15)13(2)3/h6-9H,5H2,1-4H3. The van der Waals surface area contributed by atoms with Gasteiger partial charge in [0, 0.05) is 26.8 Å². The summed E-state index contributed by atoms with van der Waals surface area (Å²) in [4.78, 5) is 14.9. The Bertz CT molecular complexity index is 521. The first-order valence-electron chi connectivity index (χ1n) is 5.57. The van der Waals surface area contributed by atoms with Crippen molar-refractivity contribution in [2.24, 2.45) is 0 Å². The monoisotopic (exact) mass is 270 g/mol. The van der Waals surface area contributed by atoms with E-state index in [0.29, 0.717) is 5.69 Å². The Balaban J connectivity index is 3.00. The van der Waals surface area contributed by atoms with Crippen molar-refractivity contribution in [3.05, 3.63) is 24.3 Å². The van der Waals surface area contributed by atoms with Crippen LogP contribution in [0.3, 0.4) is 0 Å². The van der Waals surface area contributed by atoms with Crippen molar-refractivity contribution in [1.82, 2.24) is 4.90 Å². The fourth-order valence-corrected chi connectivity index (χ4v) is 2.34. The number of hydrogen-bond donors (Lipinski definition) is 0. The molecule has 0 aliphatic carbocycles. The first-order chi connectivity index (χ1) is 8.29. The summed E-state index contributed by atoms with van der Waals surface area (Å²) in [6.07, 6.45) is 0. The molecule has 0 aliphatic rings. The molecule has 1 aromatic carbocycles. The number of rotatable bonds is 3. The van der Waals surface area contributed by atoms with Gasteiger partial charge in [-0.1, -0.05) is 6.92 Å². The first-order valence-corrected chi connectivity index (χ1v) is 7.22. The molecule has 0 saturated heterocycles. The molecule has 2 amide bonds. The number of hydrogen-bond acceptors (Lipinski definition) is 3. The second-order valence-corrected chi connectivity index (χ2v) is 6.41. The maximum absolute atomic E-state index is 11.7. The Labute approximate surface area is 108 Å². The zero-order chi connectivity index (χ0) is 13.9. The van der Waals surface area contributed by atoms with E-state index >= 15 is 0 Å². The van der Waals surface area contributed by atoms with Gasteiger partial charge in [0.15, 0.2) is 9.84 Å². The zero-order valence-corrected chi connectivity index (χ0v) is 11.9. The van der Waals surface area contributed by atoms with Crippen molar-refractivity contribution in [3.63, 3.8) is 0 Å². The molecule has 1 aromatic rings. The maximum Gasteiger partial charge on any atom is 0.323 e. The Morgan fingerprint density at radius 3 is 2.00 bits per heavy atom. The zero-order valence-electron chi connectivity index (χ0n) is 11.0. The highest BCUT2D eigenvalue weighted by molar-refractivity contribution is 7.91. The summed E-state index contributed by atoms with van der Waals surface area (Å²) < 4.78 is 23.3. The topological polar surface area (TPSA) is 57.7 Å². The van der Waals surface area contributed by atoms with Gasteiger partial charge >= 0.3 is 6.03 Å². The molecule has 0 N–H and O–H groups in total. The Morgan fingerprint density at radius 2 is 1.61 bits per heavy atom. The highest BCUT2D eigenvalue weighted by Gasteiger charge is 2.15. The Morgan fingerprint density at radius 1 is 1.11 bits per heavy atom. The van der Waals surface area contributed by atoms with Gasteiger partial charge in [0.2, 0.25) is 0 Å². The lowest BCUT2D eigenvalue weighted by Gasteiger charge is -2.21. The van der Waals surface area contributed by atoms with Crippen LogP contribution in [0.2, 0.25) is 0 Å². The van der Waals surface area contributed by atoms with Crippen LogP contribution in [0.15, 0.2) is 29.2 Å². The number of sulfone groups is 1. The van der Waals surface area contributed by atoms with E-state index in [2.05, 4.69) is 0 Å². The lowest BCUT2D eigenvalue weighted by molar-refractivity contribution is 0.225. The predicted octanol–water partition coefficient (Wildman–Crippen LogP) is 1.60. The second kappa shape index (κ2) is 5.39. The van der Waals surface area contributed by atoms with Crippen molar-refractivity contribution in [3.8, 4) is 0 Å². The number of nitrogens with zero attached hydrogens (tertiary/aromatic N) is 2. The average molecular weight is 270 g/mol. The summed E-state index contributed by atoms with van der Waals surface area (Å²) in [7, 11) is 1.78. The van der Waals surface area contributed by atoms with Crippen LogP contribution in [0, 0.1) is 0 Å². The normalized spacial score (nSPS) is 11.1. The molecule has 0 aliphatic heterocycles. The number of anilines is 1. The van der Waals surface area contributed by atoms with E-state index in [4.69, 9.17) is 0 Å². The number of urea groups is 1. The third-order valence-corrected chi connectivity index (χ3v) is 4.38. The minimum Gasteiger partial charge on any atom is -0.330 e. The lowest BCUT2D eigenvalue weighted by atomic mass is 10.3. The van der Waals surface area contributed by atoms with E-state index in [1.54, 1.807) is 40.2 Å². The van der Waals surface area contributed by atoms with E-state index in [-0.39, 0.29) is 16.7 Å². The SMILES string of the molecule is CCS(=O)(=O)c1ccc(N(C)C(=O)N(C)C)cc1. The molecular weight excluding hydrogens is 252 g/mol. The molecular formula is C12H18N2O3S. The number of amides is 2. The van der Waals surface area contributed by atoms with Crippen LogP contribution >= 0.6 is 0 Å². The van der Waals surface area contributed by atoms with Gasteiger partial charge in [-0.25, -0.2) is 13.2 Å². The van der Waals surface area contributed by atoms with Crippen LogP contribution in [0.5, 0.6) is 0 Å². The Kier molecular flexibility index (Phi) is 4.34. The number of carbonyl (C=O) groups is 1. The first kappa shape index (κ1) is 14.5. The maximum atomic E-state index is 11.7. The van der Waals surface area contributed by atoms with E-state index in [9.17, 15) is 13.2 Å². The van der Waals surface area contributed by atoms with Crippen molar-refractivity contribution in [2.75, 3.05) is 31.8 Å². The van der Waals surface area contributed by atoms with Gasteiger partial charge in [-0.3, -0.25) is 4.90 Å². The molecule has 0 aromatic heterocycles. The van der Waals surface area contributed by atoms with Crippen LogP contribution in [0.1, 0.15) is 6.92 Å². The lowest BCUT2D eigenvalue weighted by Crippen LogP contribution is -2.36.